The molecule has 7 heteroatoms. The molecule has 1 saturated heterocycles. The zero-order valence-electron chi connectivity index (χ0n) is 13.5. The molecule has 1 heterocycles. The predicted molar refractivity (Wildman–Crippen MR) is 94.7 cm³/mol. The maximum Gasteiger partial charge on any atom is 0.316 e. The molecule has 3 rings (SSSR count). The highest BCUT2D eigenvalue weighted by Gasteiger charge is 2.26. The fraction of sp³-hybridized carbons (Fsp3) is 0.235. The average Bonchev–Trinajstić information content (AvgIpc) is 2.89. The van der Waals surface area contributed by atoms with Gasteiger partial charge in [-0.1, -0.05) is 24.6 Å². The van der Waals surface area contributed by atoms with E-state index in [0.29, 0.717) is 18.0 Å². The van der Waals surface area contributed by atoms with Gasteiger partial charge < -0.3 is 4.18 Å². The summed E-state index contributed by atoms with van der Waals surface area (Å²) in [5.41, 5.74) is 5.47. The van der Waals surface area contributed by atoms with E-state index in [1.165, 1.54) is 0 Å². The predicted octanol–water partition coefficient (Wildman–Crippen LogP) is 2.55. The number of carbonyl (C=O) groups excluding carboxylic acids is 1. The minimum Gasteiger partial charge on any atom is -0.385 e. The van der Waals surface area contributed by atoms with Gasteiger partial charge in [0.05, 0.1) is 18.2 Å². The summed E-state index contributed by atoms with van der Waals surface area (Å²) in [6.45, 7) is 4.50. The molecule has 0 radical (unpaired) electrons. The van der Waals surface area contributed by atoms with Crippen molar-refractivity contribution in [2.24, 2.45) is 5.92 Å². The molecule has 0 spiro atoms. The Bertz CT molecular complexity index is 747. The lowest BCUT2D eigenvalue weighted by Gasteiger charge is -2.17. The van der Waals surface area contributed by atoms with Crippen molar-refractivity contribution in [3.8, 4) is 5.75 Å². The van der Waals surface area contributed by atoms with E-state index in [0.717, 1.165) is 11.3 Å². The molecule has 24 heavy (non-hydrogen) atoms. The zero-order chi connectivity index (χ0) is 17.1. The van der Waals surface area contributed by atoms with E-state index in [9.17, 15) is 9.00 Å². The van der Waals surface area contributed by atoms with Crippen LogP contribution < -0.4 is 19.3 Å². The smallest absolute Gasteiger partial charge is 0.316 e. The molecule has 0 saturated carbocycles. The van der Waals surface area contributed by atoms with Gasteiger partial charge in [0.15, 0.2) is 0 Å². The first-order valence-corrected chi connectivity index (χ1v) is 8.70. The van der Waals surface area contributed by atoms with Crippen molar-refractivity contribution in [3.05, 3.63) is 54.1 Å². The van der Waals surface area contributed by atoms with Crippen molar-refractivity contribution in [2.75, 3.05) is 16.3 Å². The van der Waals surface area contributed by atoms with Crippen LogP contribution >= 0.6 is 0 Å². The standard InChI is InChI=1S/C17H19N3O3S/c1-12-3-9-16(10-4-12)23-24(22)19-14-5-7-15(8-6-14)20-11-13(2)17(21)18-20/h3-10,13,19H,11H2,1-2H3,(H,18,21). The minimum absolute atomic E-state index is 0.0183. The first-order chi connectivity index (χ1) is 11.5. The van der Waals surface area contributed by atoms with Crippen LogP contribution in [0.5, 0.6) is 5.75 Å². The molecular formula is C17H19N3O3S. The molecule has 2 N–H and O–H groups in total. The number of carbonyl (C=O) groups is 1. The largest absolute Gasteiger partial charge is 0.385 e. The molecular weight excluding hydrogens is 326 g/mol. The molecule has 1 aliphatic rings. The first-order valence-electron chi connectivity index (χ1n) is 7.63. The van der Waals surface area contributed by atoms with Gasteiger partial charge in [-0.3, -0.25) is 20.0 Å². The lowest BCUT2D eigenvalue weighted by atomic mass is 10.2. The van der Waals surface area contributed by atoms with Crippen LogP contribution in [0.4, 0.5) is 11.4 Å². The van der Waals surface area contributed by atoms with Crippen molar-refractivity contribution in [2.45, 2.75) is 13.8 Å². The minimum atomic E-state index is -1.68. The van der Waals surface area contributed by atoms with Crippen LogP contribution in [0.15, 0.2) is 48.5 Å². The summed E-state index contributed by atoms with van der Waals surface area (Å²) < 4.78 is 20.1. The Labute approximate surface area is 143 Å². The number of nitrogens with one attached hydrogen (secondary N) is 2. The summed E-state index contributed by atoms with van der Waals surface area (Å²) in [6.07, 6.45) is 0. The number of benzene rings is 2. The molecule has 2 aromatic carbocycles. The molecule has 0 aromatic heterocycles. The summed E-state index contributed by atoms with van der Waals surface area (Å²) in [7, 11) is 0. The zero-order valence-corrected chi connectivity index (χ0v) is 14.3. The Morgan fingerprint density at radius 3 is 2.42 bits per heavy atom. The number of amides is 1. The normalized spacial score (nSPS) is 18.2. The molecule has 1 fully saturated rings. The van der Waals surface area contributed by atoms with Gasteiger partial charge in [-0.05, 0) is 43.3 Å². The summed E-state index contributed by atoms with van der Waals surface area (Å²) in [4.78, 5) is 11.5. The van der Waals surface area contributed by atoms with E-state index in [4.69, 9.17) is 4.18 Å². The molecule has 2 atom stereocenters. The van der Waals surface area contributed by atoms with Crippen LogP contribution in [0, 0.1) is 12.8 Å². The second-order valence-corrected chi connectivity index (χ2v) is 6.61. The van der Waals surface area contributed by atoms with Crippen molar-refractivity contribution in [1.82, 2.24) is 5.43 Å². The van der Waals surface area contributed by atoms with Crippen molar-refractivity contribution in [3.63, 3.8) is 0 Å². The number of hydrogen-bond donors (Lipinski definition) is 2. The number of nitrogens with zero attached hydrogens (tertiary/aromatic N) is 1. The maximum atomic E-state index is 12.0. The molecule has 6 nitrogen and oxygen atoms in total. The van der Waals surface area contributed by atoms with Crippen LogP contribution in [0.2, 0.25) is 0 Å². The van der Waals surface area contributed by atoms with E-state index in [2.05, 4.69) is 10.1 Å². The maximum absolute atomic E-state index is 12.0. The summed E-state index contributed by atoms with van der Waals surface area (Å²) in [5, 5.41) is 1.80. The van der Waals surface area contributed by atoms with Gasteiger partial charge in [0, 0.05) is 5.69 Å². The summed E-state index contributed by atoms with van der Waals surface area (Å²) in [5.74, 6) is 0.528. The van der Waals surface area contributed by atoms with Crippen LogP contribution in [0.25, 0.3) is 0 Å². The van der Waals surface area contributed by atoms with E-state index in [-0.39, 0.29) is 11.8 Å². The molecule has 0 aliphatic carbocycles. The van der Waals surface area contributed by atoms with Gasteiger partial charge in [0.1, 0.15) is 5.75 Å². The molecule has 126 valence electrons. The lowest BCUT2D eigenvalue weighted by Crippen LogP contribution is -2.32. The fourth-order valence-corrected chi connectivity index (χ4v) is 2.98. The van der Waals surface area contributed by atoms with E-state index in [1.807, 2.05) is 38.1 Å². The third-order valence-electron chi connectivity index (χ3n) is 3.72. The molecule has 2 unspecified atom stereocenters. The van der Waals surface area contributed by atoms with Gasteiger partial charge in [-0.15, -0.1) is 0 Å². The highest BCUT2D eigenvalue weighted by Crippen LogP contribution is 2.21. The second-order valence-electron chi connectivity index (χ2n) is 5.77. The second kappa shape index (κ2) is 6.92. The highest BCUT2D eigenvalue weighted by molar-refractivity contribution is 7.81. The Kier molecular flexibility index (Phi) is 4.71. The van der Waals surface area contributed by atoms with Crippen molar-refractivity contribution in [1.29, 1.82) is 0 Å². The monoisotopic (exact) mass is 345 g/mol. The number of aryl methyl sites for hydroxylation is 1. The SMILES string of the molecule is Cc1ccc(OS(=O)Nc2ccc(N3CC(C)C(=O)N3)cc2)cc1. The van der Waals surface area contributed by atoms with Crippen LogP contribution in [0.3, 0.4) is 0 Å². The van der Waals surface area contributed by atoms with E-state index < -0.39 is 11.3 Å². The Morgan fingerprint density at radius 1 is 1.17 bits per heavy atom. The van der Waals surface area contributed by atoms with Gasteiger partial charge in [0.25, 0.3) is 0 Å². The topological polar surface area (TPSA) is 70.7 Å². The average molecular weight is 345 g/mol. The quantitative estimate of drug-likeness (QED) is 0.874. The van der Waals surface area contributed by atoms with Gasteiger partial charge in [-0.25, -0.2) is 0 Å². The van der Waals surface area contributed by atoms with Crippen LogP contribution in [-0.2, 0) is 16.1 Å². The van der Waals surface area contributed by atoms with Gasteiger partial charge >= 0.3 is 11.3 Å². The third-order valence-corrected chi connectivity index (χ3v) is 4.47. The van der Waals surface area contributed by atoms with Gasteiger partial charge in [0.2, 0.25) is 5.91 Å². The molecule has 2 aromatic rings. The molecule has 1 amide bonds. The fourth-order valence-electron chi connectivity index (χ4n) is 2.32. The lowest BCUT2D eigenvalue weighted by molar-refractivity contribution is -0.121. The van der Waals surface area contributed by atoms with E-state index >= 15 is 0 Å². The molecule has 1 aliphatic heterocycles. The van der Waals surface area contributed by atoms with Gasteiger partial charge in [-0.2, -0.15) is 4.21 Å². The highest BCUT2D eigenvalue weighted by atomic mass is 32.2. The Hall–Kier alpha value is -2.54. The van der Waals surface area contributed by atoms with Crippen LogP contribution in [0.1, 0.15) is 12.5 Å². The number of anilines is 2. The number of hydrazine groups is 1. The van der Waals surface area contributed by atoms with Crippen molar-refractivity contribution < 1.29 is 13.2 Å². The summed E-state index contributed by atoms with van der Waals surface area (Å²) >= 11 is -1.68. The van der Waals surface area contributed by atoms with Crippen LogP contribution in [-0.4, -0.2) is 16.7 Å². The van der Waals surface area contributed by atoms with E-state index in [1.54, 1.807) is 29.3 Å². The molecule has 0 bridgehead atoms. The Morgan fingerprint density at radius 2 is 1.83 bits per heavy atom. The number of rotatable bonds is 5. The number of hydrogen-bond acceptors (Lipinski definition) is 4. The van der Waals surface area contributed by atoms with Crippen molar-refractivity contribution >= 4 is 28.5 Å². The summed E-state index contributed by atoms with van der Waals surface area (Å²) in [6, 6.07) is 14.6. The Balaban J connectivity index is 1.58. The third kappa shape index (κ3) is 3.86. The first kappa shape index (κ1) is 16.3.